The first-order valence-electron chi connectivity index (χ1n) is 8.09. The molecule has 3 aromatic rings. The molecule has 26 heavy (non-hydrogen) atoms. The van der Waals surface area contributed by atoms with Gasteiger partial charge in [-0.05, 0) is 37.1 Å². The van der Waals surface area contributed by atoms with Crippen molar-refractivity contribution < 1.29 is 14.4 Å². The number of carbonyl (C=O) groups is 1. The summed E-state index contributed by atoms with van der Waals surface area (Å²) in [5.41, 5.74) is 1.73. The van der Waals surface area contributed by atoms with E-state index >= 15 is 0 Å². The number of aliphatic hydroxyl groups is 1. The second-order valence-electron chi connectivity index (χ2n) is 6.47. The van der Waals surface area contributed by atoms with Gasteiger partial charge in [-0.15, -0.1) is 0 Å². The number of benzene rings is 2. The van der Waals surface area contributed by atoms with E-state index < -0.39 is 11.4 Å². The van der Waals surface area contributed by atoms with Crippen LogP contribution in [-0.2, 0) is 12.1 Å². The fourth-order valence-corrected chi connectivity index (χ4v) is 2.51. The summed E-state index contributed by atoms with van der Waals surface area (Å²) < 4.78 is 4.48. The minimum atomic E-state index is -0.942. The van der Waals surface area contributed by atoms with Crippen molar-refractivity contribution in [3.05, 3.63) is 75.8 Å². The van der Waals surface area contributed by atoms with Crippen molar-refractivity contribution in [1.29, 1.82) is 0 Å². The van der Waals surface area contributed by atoms with Crippen molar-refractivity contribution in [2.24, 2.45) is 0 Å². The van der Waals surface area contributed by atoms with Gasteiger partial charge in [0.15, 0.2) is 5.82 Å². The molecule has 3 rings (SSSR count). The second kappa shape index (κ2) is 6.97. The molecule has 0 aliphatic rings. The number of H-pyrrole nitrogens is 1. The van der Waals surface area contributed by atoms with E-state index in [1.165, 1.54) is 0 Å². The van der Waals surface area contributed by atoms with E-state index in [9.17, 15) is 14.7 Å². The third-order valence-corrected chi connectivity index (χ3v) is 3.93. The topological polar surface area (TPSA) is 108 Å². The lowest BCUT2D eigenvalue weighted by Crippen LogP contribution is -2.23. The van der Waals surface area contributed by atoms with Gasteiger partial charge in [-0.3, -0.25) is 14.3 Å². The summed E-state index contributed by atoms with van der Waals surface area (Å²) in [5, 5.41) is 16.5. The lowest BCUT2D eigenvalue weighted by atomic mass is 9.96. The highest BCUT2D eigenvalue weighted by molar-refractivity contribution is 5.95. The molecule has 7 nitrogen and oxygen atoms in total. The molecule has 0 unspecified atom stereocenters. The number of aromatic nitrogens is 2. The highest BCUT2D eigenvalue weighted by Crippen LogP contribution is 2.20. The van der Waals surface area contributed by atoms with E-state index in [0.717, 1.165) is 11.1 Å². The van der Waals surface area contributed by atoms with Crippen LogP contribution >= 0.6 is 0 Å². The molecule has 0 bridgehead atoms. The molecule has 0 aliphatic heterocycles. The number of hydrogen-bond donors (Lipinski definition) is 3. The Morgan fingerprint density at radius 3 is 2.69 bits per heavy atom. The Morgan fingerprint density at radius 2 is 2.00 bits per heavy atom. The first kappa shape index (κ1) is 17.6. The molecule has 1 amide bonds. The predicted molar refractivity (Wildman–Crippen MR) is 95.4 cm³/mol. The summed E-state index contributed by atoms with van der Waals surface area (Å²) in [6.07, 6.45) is 0. The van der Waals surface area contributed by atoms with E-state index in [2.05, 4.69) is 20.0 Å². The molecule has 2 aromatic carbocycles. The molecule has 0 saturated carbocycles. The van der Waals surface area contributed by atoms with E-state index in [0.29, 0.717) is 17.7 Å². The lowest BCUT2D eigenvalue weighted by molar-refractivity contribution is 0.0785. The molecule has 0 aliphatic carbocycles. The lowest BCUT2D eigenvalue weighted by Gasteiger charge is -2.18. The maximum absolute atomic E-state index is 12.4. The van der Waals surface area contributed by atoms with Gasteiger partial charge >= 0.3 is 5.76 Å². The molecule has 0 radical (unpaired) electrons. The number of aromatic amines is 1. The van der Waals surface area contributed by atoms with Crippen LogP contribution in [0.3, 0.4) is 0 Å². The fraction of sp³-hybridized carbons (Fsp3) is 0.211. The van der Waals surface area contributed by atoms with Crippen molar-refractivity contribution in [2.75, 3.05) is 0 Å². The monoisotopic (exact) mass is 353 g/mol. The van der Waals surface area contributed by atoms with Crippen molar-refractivity contribution in [1.82, 2.24) is 15.5 Å². The maximum atomic E-state index is 12.4. The van der Waals surface area contributed by atoms with E-state index in [-0.39, 0.29) is 11.7 Å². The third-order valence-electron chi connectivity index (χ3n) is 3.93. The minimum Gasteiger partial charge on any atom is -0.386 e. The second-order valence-corrected chi connectivity index (χ2v) is 6.47. The zero-order valence-electron chi connectivity index (χ0n) is 14.4. The zero-order valence-corrected chi connectivity index (χ0v) is 14.4. The fourth-order valence-electron chi connectivity index (χ4n) is 2.51. The highest BCUT2D eigenvalue weighted by Gasteiger charge is 2.16. The minimum absolute atomic E-state index is 0.258. The van der Waals surface area contributed by atoms with E-state index in [1.54, 1.807) is 38.1 Å². The summed E-state index contributed by atoms with van der Waals surface area (Å²) in [5.74, 6) is -0.643. The Bertz CT molecular complexity index is 982. The summed E-state index contributed by atoms with van der Waals surface area (Å²) in [6.45, 7) is 3.75. The molecule has 0 fully saturated rings. The van der Waals surface area contributed by atoms with Gasteiger partial charge in [0, 0.05) is 17.7 Å². The average molecular weight is 353 g/mol. The number of nitrogens with zero attached hydrogens (tertiary/aromatic N) is 1. The van der Waals surface area contributed by atoms with Crippen LogP contribution in [-0.4, -0.2) is 21.2 Å². The molecule has 7 heteroatoms. The van der Waals surface area contributed by atoms with Gasteiger partial charge < -0.3 is 10.4 Å². The number of amides is 1. The van der Waals surface area contributed by atoms with Gasteiger partial charge in [-0.1, -0.05) is 41.6 Å². The zero-order chi connectivity index (χ0) is 18.7. The summed E-state index contributed by atoms with van der Waals surface area (Å²) in [4.78, 5) is 25.9. The molecule has 3 N–H and O–H groups in total. The molecule has 0 spiro atoms. The van der Waals surface area contributed by atoms with Crippen LogP contribution in [0.5, 0.6) is 0 Å². The Kier molecular flexibility index (Phi) is 4.73. The first-order valence-corrected chi connectivity index (χ1v) is 8.09. The Balaban J connectivity index is 1.72. The van der Waals surface area contributed by atoms with Crippen molar-refractivity contribution in [3.63, 3.8) is 0 Å². The third kappa shape index (κ3) is 4.07. The van der Waals surface area contributed by atoms with Crippen LogP contribution in [0.25, 0.3) is 11.4 Å². The molecule has 134 valence electrons. The molecule has 1 heterocycles. The van der Waals surface area contributed by atoms with Gasteiger partial charge in [-0.2, -0.15) is 0 Å². The number of carbonyl (C=O) groups excluding carboxylic acids is 1. The molecular weight excluding hydrogens is 334 g/mol. The number of nitrogens with one attached hydrogen (secondary N) is 2. The van der Waals surface area contributed by atoms with Gasteiger partial charge in [0.1, 0.15) is 0 Å². The van der Waals surface area contributed by atoms with Crippen LogP contribution in [0.15, 0.2) is 57.8 Å². The van der Waals surface area contributed by atoms with Crippen LogP contribution in [0.4, 0.5) is 0 Å². The van der Waals surface area contributed by atoms with Gasteiger partial charge in [0.05, 0.1) is 5.60 Å². The first-order chi connectivity index (χ1) is 12.3. The van der Waals surface area contributed by atoms with Crippen molar-refractivity contribution in [3.8, 4) is 11.4 Å². The van der Waals surface area contributed by atoms with Crippen LogP contribution in [0, 0.1) is 0 Å². The highest BCUT2D eigenvalue weighted by atomic mass is 16.5. The Labute approximate surface area is 149 Å². The van der Waals surface area contributed by atoms with Gasteiger partial charge in [-0.25, -0.2) is 4.79 Å². The summed E-state index contributed by atoms with van der Waals surface area (Å²) in [7, 11) is 0. The normalized spacial score (nSPS) is 11.3. The molecular formula is C19H19N3O4. The number of hydrogen-bond acceptors (Lipinski definition) is 5. The predicted octanol–water partition coefficient (Wildman–Crippen LogP) is 2.19. The summed E-state index contributed by atoms with van der Waals surface area (Å²) >= 11 is 0. The summed E-state index contributed by atoms with van der Waals surface area (Å²) in [6, 6.07) is 14.1. The maximum Gasteiger partial charge on any atom is 0.439 e. The van der Waals surface area contributed by atoms with Crippen molar-refractivity contribution in [2.45, 2.75) is 26.0 Å². The molecule has 0 saturated heterocycles. The Morgan fingerprint density at radius 1 is 1.23 bits per heavy atom. The SMILES string of the molecule is CC(C)(O)c1cccc(CNC(=O)c2cccc(-c3noc(=O)[nH]3)c2)c1. The molecule has 0 atom stereocenters. The smallest absolute Gasteiger partial charge is 0.386 e. The molecule has 1 aromatic heterocycles. The average Bonchev–Trinajstić information content (AvgIpc) is 3.06. The van der Waals surface area contributed by atoms with Crippen LogP contribution < -0.4 is 11.1 Å². The van der Waals surface area contributed by atoms with Crippen molar-refractivity contribution >= 4 is 5.91 Å². The van der Waals surface area contributed by atoms with Gasteiger partial charge in [0.2, 0.25) is 0 Å². The van der Waals surface area contributed by atoms with Crippen LogP contribution in [0.2, 0.25) is 0 Å². The van der Waals surface area contributed by atoms with Crippen LogP contribution in [0.1, 0.15) is 35.3 Å². The standard InChI is InChI=1S/C19H19N3O4/c1-19(2,25)15-8-3-5-12(9-15)11-20-17(23)14-7-4-6-13(10-14)16-21-18(24)26-22-16/h3-10,25H,11H2,1-2H3,(H,20,23)(H,21,22,24). The largest absolute Gasteiger partial charge is 0.439 e. The number of rotatable bonds is 5. The Hall–Kier alpha value is -3.19. The van der Waals surface area contributed by atoms with E-state index in [1.807, 2.05) is 24.3 Å². The quantitative estimate of drug-likeness (QED) is 0.651. The van der Waals surface area contributed by atoms with E-state index in [4.69, 9.17) is 0 Å². The van der Waals surface area contributed by atoms with Gasteiger partial charge in [0.25, 0.3) is 5.91 Å².